The zero-order chi connectivity index (χ0) is 13.9. The quantitative estimate of drug-likeness (QED) is 0.921. The molecule has 106 valence electrons. The van der Waals surface area contributed by atoms with Gasteiger partial charge in [0, 0.05) is 25.3 Å². The summed E-state index contributed by atoms with van der Waals surface area (Å²) in [6, 6.07) is 2.51. The lowest BCUT2D eigenvalue weighted by molar-refractivity contribution is -0.141. The smallest absolute Gasteiger partial charge is 0.381 e. The average Bonchev–Trinajstić information content (AvgIpc) is 2.40. The number of ether oxygens (including phenoxy) is 1. The summed E-state index contributed by atoms with van der Waals surface area (Å²) in [6.45, 7) is 1.79. The Morgan fingerprint density at radius 3 is 2.47 bits per heavy atom. The highest BCUT2D eigenvalue weighted by molar-refractivity contribution is 5.21. The van der Waals surface area contributed by atoms with E-state index < -0.39 is 11.9 Å². The molecule has 0 saturated carbocycles. The Labute approximate surface area is 110 Å². The molecule has 1 aliphatic rings. The lowest BCUT2D eigenvalue weighted by Gasteiger charge is -2.29. The molecule has 1 saturated heterocycles. The largest absolute Gasteiger partial charge is 0.433 e. The van der Waals surface area contributed by atoms with Crippen molar-refractivity contribution in [2.45, 2.75) is 24.9 Å². The van der Waals surface area contributed by atoms with Crippen molar-refractivity contribution in [3.05, 3.63) is 29.6 Å². The molecule has 1 aliphatic heterocycles. The van der Waals surface area contributed by atoms with Crippen LogP contribution in [0.15, 0.2) is 18.3 Å². The zero-order valence-corrected chi connectivity index (χ0v) is 10.5. The summed E-state index contributed by atoms with van der Waals surface area (Å²) in [4.78, 5) is 3.50. The second kappa shape index (κ2) is 5.88. The van der Waals surface area contributed by atoms with Gasteiger partial charge in [-0.1, -0.05) is 6.07 Å². The third-order valence-electron chi connectivity index (χ3n) is 3.59. The van der Waals surface area contributed by atoms with Gasteiger partial charge in [-0.3, -0.25) is 4.98 Å². The molecule has 1 aromatic heterocycles. The molecule has 19 heavy (non-hydrogen) atoms. The van der Waals surface area contributed by atoms with Crippen molar-refractivity contribution in [3.8, 4) is 0 Å². The fraction of sp³-hybridized carbons (Fsp3) is 0.615. The van der Waals surface area contributed by atoms with E-state index in [1.807, 2.05) is 0 Å². The highest BCUT2D eigenvalue weighted by Gasteiger charge is 2.32. The van der Waals surface area contributed by atoms with Crippen LogP contribution in [0.1, 0.15) is 30.0 Å². The number of nitrogens with zero attached hydrogens (tertiary/aromatic N) is 1. The van der Waals surface area contributed by atoms with Crippen LogP contribution in [-0.4, -0.2) is 24.7 Å². The first kappa shape index (κ1) is 14.3. The lowest BCUT2D eigenvalue weighted by atomic mass is 9.82. The summed E-state index contributed by atoms with van der Waals surface area (Å²) in [5.41, 5.74) is 5.69. The molecule has 2 heterocycles. The molecule has 0 spiro atoms. The predicted octanol–water partition coefficient (Wildman–Crippen LogP) is 2.57. The minimum atomic E-state index is -4.39. The second-order valence-corrected chi connectivity index (χ2v) is 4.77. The van der Waals surface area contributed by atoms with Crippen LogP contribution in [0, 0.1) is 5.92 Å². The maximum Gasteiger partial charge on any atom is 0.433 e. The van der Waals surface area contributed by atoms with Crippen molar-refractivity contribution >= 4 is 0 Å². The molecule has 6 heteroatoms. The Bertz CT molecular complexity index is 399. The highest BCUT2D eigenvalue weighted by Crippen LogP contribution is 2.33. The molecular formula is C13H17F3N2O. The number of hydrogen-bond donors (Lipinski definition) is 1. The summed E-state index contributed by atoms with van der Waals surface area (Å²) in [6.07, 6.45) is -1.31. The molecule has 2 N–H and O–H groups in total. The van der Waals surface area contributed by atoms with Crippen LogP contribution in [0.25, 0.3) is 0 Å². The maximum atomic E-state index is 12.5. The topological polar surface area (TPSA) is 48.1 Å². The molecule has 0 unspecified atom stereocenters. The summed E-state index contributed by atoms with van der Waals surface area (Å²) in [7, 11) is 0. The summed E-state index contributed by atoms with van der Waals surface area (Å²) in [5.74, 6) is 0.413. The van der Waals surface area contributed by atoms with Crippen LogP contribution in [0.2, 0.25) is 0 Å². The number of aromatic nitrogens is 1. The van der Waals surface area contributed by atoms with Gasteiger partial charge in [-0.15, -0.1) is 0 Å². The Morgan fingerprint density at radius 2 is 2.00 bits per heavy atom. The highest BCUT2D eigenvalue weighted by atomic mass is 19.4. The van der Waals surface area contributed by atoms with Crippen molar-refractivity contribution in [1.82, 2.24) is 4.98 Å². The van der Waals surface area contributed by atoms with E-state index in [1.54, 1.807) is 0 Å². The van der Waals surface area contributed by atoms with Gasteiger partial charge < -0.3 is 10.5 Å². The number of alkyl halides is 3. The fourth-order valence-corrected chi connectivity index (χ4v) is 2.51. The van der Waals surface area contributed by atoms with Crippen LogP contribution in [-0.2, 0) is 10.9 Å². The average molecular weight is 274 g/mol. The molecular weight excluding hydrogens is 257 g/mol. The van der Waals surface area contributed by atoms with Crippen molar-refractivity contribution in [1.29, 1.82) is 0 Å². The molecule has 0 bridgehead atoms. The van der Waals surface area contributed by atoms with Gasteiger partial charge >= 0.3 is 6.18 Å². The lowest BCUT2D eigenvalue weighted by Crippen LogP contribution is -2.27. The molecule has 0 aliphatic carbocycles. The fourth-order valence-electron chi connectivity index (χ4n) is 2.51. The van der Waals surface area contributed by atoms with Crippen LogP contribution in [0.4, 0.5) is 13.2 Å². The van der Waals surface area contributed by atoms with Crippen LogP contribution >= 0.6 is 0 Å². The van der Waals surface area contributed by atoms with E-state index in [9.17, 15) is 13.2 Å². The van der Waals surface area contributed by atoms with Gasteiger partial charge in [0.25, 0.3) is 0 Å². The Kier molecular flexibility index (Phi) is 4.42. The minimum absolute atomic E-state index is 0.0543. The summed E-state index contributed by atoms with van der Waals surface area (Å²) >= 11 is 0. The van der Waals surface area contributed by atoms with E-state index in [-0.39, 0.29) is 5.92 Å². The SMILES string of the molecule is NC[C@@H](c1ccc(C(F)(F)F)nc1)C1CCOCC1. The maximum absolute atomic E-state index is 12.5. The normalized spacial score (nSPS) is 19.4. The molecule has 1 aromatic rings. The third-order valence-corrected chi connectivity index (χ3v) is 3.59. The number of halogens is 3. The molecule has 1 fully saturated rings. The van der Waals surface area contributed by atoms with E-state index in [0.717, 1.165) is 24.5 Å². The summed E-state index contributed by atoms with van der Waals surface area (Å²) in [5, 5.41) is 0. The number of rotatable bonds is 3. The van der Waals surface area contributed by atoms with E-state index >= 15 is 0 Å². The van der Waals surface area contributed by atoms with Gasteiger partial charge in [-0.25, -0.2) is 0 Å². The number of nitrogens with two attached hydrogens (primary N) is 1. The number of pyridine rings is 1. The van der Waals surface area contributed by atoms with Gasteiger partial charge in [-0.2, -0.15) is 13.2 Å². The van der Waals surface area contributed by atoms with E-state index in [4.69, 9.17) is 10.5 Å². The minimum Gasteiger partial charge on any atom is -0.381 e. The van der Waals surface area contributed by atoms with Crippen LogP contribution in [0.5, 0.6) is 0 Å². The van der Waals surface area contributed by atoms with Gasteiger partial charge in [0.15, 0.2) is 0 Å². The molecule has 0 amide bonds. The Hall–Kier alpha value is -1.14. The Balaban J connectivity index is 2.14. The van der Waals surface area contributed by atoms with Gasteiger partial charge in [-0.05, 0) is 36.9 Å². The van der Waals surface area contributed by atoms with Crippen molar-refractivity contribution in [2.75, 3.05) is 19.8 Å². The van der Waals surface area contributed by atoms with E-state index in [1.165, 1.54) is 12.3 Å². The molecule has 0 aromatic carbocycles. The predicted molar refractivity (Wildman–Crippen MR) is 64.6 cm³/mol. The molecule has 2 rings (SSSR count). The third kappa shape index (κ3) is 3.45. The second-order valence-electron chi connectivity index (χ2n) is 4.77. The first-order valence-corrected chi connectivity index (χ1v) is 6.33. The van der Waals surface area contributed by atoms with Crippen molar-refractivity contribution in [2.24, 2.45) is 11.7 Å². The van der Waals surface area contributed by atoms with E-state index in [0.29, 0.717) is 25.7 Å². The first-order chi connectivity index (χ1) is 9.02. The first-order valence-electron chi connectivity index (χ1n) is 6.33. The molecule has 3 nitrogen and oxygen atoms in total. The van der Waals surface area contributed by atoms with Crippen LogP contribution < -0.4 is 5.73 Å². The van der Waals surface area contributed by atoms with Gasteiger partial charge in [0.1, 0.15) is 5.69 Å². The molecule has 1 atom stereocenters. The summed E-state index contributed by atoms with van der Waals surface area (Å²) < 4.78 is 42.6. The zero-order valence-electron chi connectivity index (χ0n) is 10.5. The monoisotopic (exact) mass is 274 g/mol. The van der Waals surface area contributed by atoms with Gasteiger partial charge in [0.05, 0.1) is 0 Å². The van der Waals surface area contributed by atoms with Crippen LogP contribution in [0.3, 0.4) is 0 Å². The van der Waals surface area contributed by atoms with Crippen molar-refractivity contribution in [3.63, 3.8) is 0 Å². The number of hydrogen-bond acceptors (Lipinski definition) is 3. The Morgan fingerprint density at radius 1 is 1.32 bits per heavy atom. The standard InChI is InChI=1S/C13H17F3N2O/c14-13(15,16)12-2-1-10(8-18-12)11(7-17)9-3-5-19-6-4-9/h1-2,8-9,11H,3-7,17H2/t11-/m1/s1. The van der Waals surface area contributed by atoms with Crippen molar-refractivity contribution < 1.29 is 17.9 Å². The van der Waals surface area contributed by atoms with E-state index in [2.05, 4.69) is 4.98 Å². The molecule has 0 radical (unpaired) electrons. The van der Waals surface area contributed by atoms with Gasteiger partial charge in [0.2, 0.25) is 0 Å².